The van der Waals surface area contributed by atoms with Gasteiger partial charge in [0.2, 0.25) is 5.88 Å². The lowest BCUT2D eigenvalue weighted by atomic mass is 9.82. The van der Waals surface area contributed by atoms with Crippen LogP contribution in [0.25, 0.3) is 27.8 Å². The van der Waals surface area contributed by atoms with Crippen molar-refractivity contribution in [3.63, 3.8) is 0 Å². The summed E-state index contributed by atoms with van der Waals surface area (Å²) < 4.78 is 19.5. The van der Waals surface area contributed by atoms with Gasteiger partial charge in [0.05, 0.1) is 19.8 Å². The van der Waals surface area contributed by atoms with Crippen molar-refractivity contribution < 1.29 is 14.2 Å². The molecule has 1 aliphatic heterocycles. The molecule has 38 heavy (non-hydrogen) atoms. The predicted molar refractivity (Wildman–Crippen MR) is 145 cm³/mol. The summed E-state index contributed by atoms with van der Waals surface area (Å²) in [5.74, 6) is 3.05. The van der Waals surface area contributed by atoms with Crippen LogP contribution in [0.4, 0.5) is 0 Å². The van der Waals surface area contributed by atoms with Gasteiger partial charge in [0.15, 0.2) is 23.0 Å². The number of aryl methyl sites for hydroxylation is 1. The summed E-state index contributed by atoms with van der Waals surface area (Å²) >= 11 is 0. The van der Waals surface area contributed by atoms with Crippen LogP contribution in [0, 0.1) is 6.92 Å². The molecule has 0 saturated carbocycles. The van der Waals surface area contributed by atoms with E-state index in [4.69, 9.17) is 29.3 Å². The first-order valence-corrected chi connectivity index (χ1v) is 12.4. The molecule has 3 heterocycles. The molecule has 0 unspecified atom stereocenters. The van der Waals surface area contributed by atoms with E-state index >= 15 is 0 Å². The number of methoxy groups -OCH3 is 2. The number of aromatic nitrogens is 4. The van der Waals surface area contributed by atoms with Crippen LogP contribution in [0.2, 0.25) is 0 Å². The Morgan fingerprint density at radius 1 is 0.868 bits per heavy atom. The first-order chi connectivity index (χ1) is 18.6. The van der Waals surface area contributed by atoms with Gasteiger partial charge in [0, 0.05) is 22.4 Å². The van der Waals surface area contributed by atoms with Crippen molar-refractivity contribution >= 4 is 16.4 Å². The maximum atomic E-state index is 6.53. The molecule has 2 aromatic heterocycles. The molecule has 0 spiro atoms. The third-order valence-corrected chi connectivity index (χ3v) is 7.15. The zero-order chi connectivity index (χ0) is 25.8. The van der Waals surface area contributed by atoms with Crippen LogP contribution in [0.1, 0.15) is 28.2 Å². The molecule has 6 aromatic rings. The minimum absolute atomic E-state index is 0.218. The van der Waals surface area contributed by atoms with Gasteiger partial charge in [0.25, 0.3) is 0 Å². The van der Waals surface area contributed by atoms with Gasteiger partial charge in [-0.2, -0.15) is 0 Å². The van der Waals surface area contributed by atoms with E-state index < -0.39 is 0 Å². The fourth-order valence-electron chi connectivity index (χ4n) is 5.25. The SMILES string of the molecule is COc1ccc([C@H]2c3ccc4ccccc4c3Oc3ncn4nc(-c5ccc(C)cc5)nc4c32)cc1OC. The van der Waals surface area contributed by atoms with Gasteiger partial charge in [-0.1, -0.05) is 72.3 Å². The Kier molecular flexibility index (Phi) is 5.04. The van der Waals surface area contributed by atoms with Crippen molar-refractivity contribution in [3.05, 3.63) is 107 Å². The van der Waals surface area contributed by atoms with Crippen LogP contribution in [-0.2, 0) is 0 Å². The Labute approximate surface area is 219 Å². The second kappa shape index (κ2) is 8.59. The first-order valence-electron chi connectivity index (χ1n) is 12.4. The Morgan fingerprint density at radius 2 is 1.68 bits per heavy atom. The normalized spacial score (nSPS) is 14.1. The molecule has 0 aliphatic carbocycles. The fraction of sp³-hybridized carbons (Fsp3) is 0.129. The molecule has 186 valence electrons. The molecule has 0 amide bonds. The highest BCUT2D eigenvalue weighted by atomic mass is 16.5. The standard InChI is InChI=1S/C31H24N4O3/c1-18-8-10-20(11-9-18)29-33-30-27-26(21-13-15-24(36-2)25(16-21)37-3)23-14-12-19-6-4-5-7-22(19)28(23)38-31(27)32-17-35(30)34-29/h4-17,26H,1-3H3/t26-/m0/s1. The Bertz CT molecular complexity index is 1840. The molecule has 1 aliphatic rings. The number of fused-ring (bicyclic) bond motifs is 6. The second-order valence-electron chi connectivity index (χ2n) is 9.39. The van der Waals surface area contributed by atoms with E-state index in [1.54, 1.807) is 25.1 Å². The quantitative estimate of drug-likeness (QED) is 0.273. The number of ether oxygens (including phenoxy) is 3. The highest BCUT2D eigenvalue weighted by Crippen LogP contribution is 2.51. The number of benzene rings is 4. The number of hydrogen-bond acceptors (Lipinski definition) is 6. The minimum Gasteiger partial charge on any atom is -0.493 e. The van der Waals surface area contributed by atoms with Gasteiger partial charge in [-0.15, -0.1) is 5.10 Å². The van der Waals surface area contributed by atoms with E-state index in [1.165, 1.54) is 5.56 Å². The Morgan fingerprint density at radius 3 is 2.50 bits per heavy atom. The van der Waals surface area contributed by atoms with E-state index in [2.05, 4.69) is 49.4 Å². The van der Waals surface area contributed by atoms with Crippen LogP contribution in [0.15, 0.2) is 85.2 Å². The summed E-state index contributed by atoms with van der Waals surface area (Å²) in [4.78, 5) is 9.70. The van der Waals surface area contributed by atoms with E-state index in [-0.39, 0.29) is 5.92 Å². The van der Waals surface area contributed by atoms with Crippen molar-refractivity contribution in [2.45, 2.75) is 12.8 Å². The molecule has 7 rings (SSSR count). The lowest BCUT2D eigenvalue weighted by Crippen LogP contribution is -2.15. The van der Waals surface area contributed by atoms with Gasteiger partial charge in [-0.25, -0.2) is 14.5 Å². The summed E-state index contributed by atoms with van der Waals surface area (Å²) in [6.45, 7) is 2.06. The van der Waals surface area contributed by atoms with Crippen molar-refractivity contribution in [3.8, 4) is 34.5 Å². The van der Waals surface area contributed by atoms with E-state index in [0.717, 1.165) is 38.8 Å². The third-order valence-electron chi connectivity index (χ3n) is 7.15. The third kappa shape index (κ3) is 3.39. The van der Waals surface area contributed by atoms with E-state index in [1.807, 2.05) is 36.4 Å². The molecular formula is C31H24N4O3. The van der Waals surface area contributed by atoms with Gasteiger partial charge in [-0.3, -0.25) is 0 Å². The molecule has 0 saturated heterocycles. The molecule has 1 atom stereocenters. The molecule has 0 N–H and O–H groups in total. The average molecular weight is 501 g/mol. The summed E-state index contributed by atoms with van der Waals surface area (Å²) in [6.07, 6.45) is 1.67. The molecule has 4 aromatic carbocycles. The number of nitrogens with zero attached hydrogens (tertiary/aromatic N) is 4. The van der Waals surface area contributed by atoms with Crippen LogP contribution in [0.5, 0.6) is 23.1 Å². The molecule has 7 nitrogen and oxygen atoms in total. The number of hydrogen-bond donors (Lipinski definition) is 0. The highest BCUT2D eigenvalue weighted by molar-refractivity contribution is 5.91. The number of rotatable bonds is 4. The molecule has 7 heteroatoms. The van der Waals surface area contributed by atoms with E-state index in [9.17, 15) is 0 Å². The van der Waals surface area contributed by atoms with Gasteiger partial charge in [-0.05, 0) is 30.0 Å². The van der Waals surface area contributed by atoms with E-state index in [0.29, 0.717) is 28.9 Å². The monoisotopic (exact) mass is 500 g/mol. The topological polar surface area (TPSA) is 70.8 Å². The average Bonchev–Trinajstić information content (AvgIpc) is 3.40. The summed E-state index contributed by atoms with van der Waals surface area (Å²) in [5.41, 5.74) is 5.72. The lowest BCUT2D eigenvalue weighted by Gasteiger charge is -2.29. The summed E-state index contributed by atoms with van der Waals surface area (Å²) in [6, 6.07) is 26.7. The predicted octanol–water partition coefficient (Wildman–Crippen LogP) is 6.56. The fourth-order valence-corrected chi connectivity index (χ4v) is 5.25. The maximum Gasteiger partial charge on any atom is 0.228 e. The second-order valence-corrected chi connectivity index (χ2v) is 9.39. The Hall–Kier alpha value is -4.91. The molecule has 0 fully saturated rings. The van der Waals surface area contributed by atoms with Gasteiger partial charge >= 0.3 is 0 Å². The molecule has 0 bridgehead atoms. The Balaban J connectivity index is 1.50. The van der Waals surface area contributed by atoms with Crippen LogP contribution in [-0.4, -0.2) is 33.8 Å². The first kappa shape index (κ1) is 22.3. The zero-order valence-electron chi connectivity index (χ0n) is 21.2. The minimum atomic E-state index is -0.218. The smallest absolute Gasteiger partial charge is 0.228 e. The largest absolute Gasteiger partial charge is 0.493 e. The maximum absolute atomic E-state index is 6.53. The molecule has 0 radical (unpaired) electrons. The van der Waals surface area contributed by atoms with Gasteiger partial charge < -0.3 is 14.2 Å². The lowest BCUT2D eigenvalue weighted by molar-refractivity contribution is 0.354. The zero-order valence-corrected chi connectivity index (χ0v) is 21.2. The van der Waals surface area contributed by atoms with Crippen molar-refractivity contribution in [2.75, 3.05) is 14.2 Å². The van der Waals surface area contributed by atoms with Crippen LogP contribution in [0.3, 0.4) is 0 Å². The van der Waals surface area contributed by atoms with Crippen molar-refractivity contribution in [1.82, 2.24) is 19.6 Å². The summed E-state index contributed by atoms with van der Waals surface area (Å²) in [7, 11) is 3.28. The summed E-state index contributed by atoms with van der Waals surface area (Å²) in [5, 5.41) is 6.89. The molecular weight excluding hydrogens is 476 g/mol. The van der Waals surface area contributed by atoms with Crippen LogP contribution >= 0.6 is 0 Å². The van der Waals surface area contributed by atoms with Crippen LogP contribution < -0.4 is 14.2 Å². The van der Waals surface area contributed by atoms with Crippen molar-refractivity contribution in [1.29, 1.82) is 0 Å². The highest BCUT2D eigenvalue weighted by Gasteiger charge is 2.34. The van der Waals surface area contributed by atoms with Crippen molar-refractivity contribution in [2.24, 2.45) is 0 Å². The van der Waals surface area contributed by atoms with Gasteiger partial charge in [0.1, 0.15) is 12.1 Å².